The van der Waals surface area contributed by atoms with Crippen molar-refractivity contribution in [1.29, 1.82) is 0 Å². The van der Waals surface area contributed by atoms with Gasteiger partial charge < -0.3 is 4.90 Å². The fourth-order valence-corrected chi connectivity index (χ4v) is 4.06. The van der Waals surface area contributed by atoms with E-state index >= 15 is 0 Å². The van der Waals surface area contributed by atoms with Crippen LogP contribution < -0.4 is 4.90 Å². The van der Waals surface area contributed by atoms with Crippen molar-refractivity contribution in [3.63, 3.8) is 0 Å². The van der Waals surface area contributed by atoms with Crippen LogP contribution in [-0.4, -0.2) is 47.7 Å². The van der Waals surface area contributed by atoms with E-state index in [1.807, 2.05) is 11.1 Å². The minimum absolute atomic E-state index is 0.236. The van der Waals surface area contributed by atoms with Gasteiger partial charge in [0.05, 0.1) is 11.1 Å². The van der Waals surface area contributed by atoms with Crippen LogP contribution in [0.15, 0.2) is 35.5 Å². The van der Waals surface area contributed by atoms with Crippen LogP contribution in [0.4, 0.5) is 11.4 Å². The molecule has 1 saturated heterocycles. The van der Waals surface area contributed by atoms with Crippen molar-refractivity contribution < 1.29 is 13.3 Å². The van der Waals surface area contributed by atoms with Gasteiger partial charge in [-0.1, -0.05) is 11.3 Å². The van der Waals surface area contributed by atoms with Crippen LogP contribution in [0.2, 0.25) is 0 Å². The number of nitro benzene ring substituents is 1. The second-order valence-electron chi connectivity index (χ2n) is 6.21. The van der Waals surface area contributed by atoms with Gasteiger partial charge >= 0.3 is 5.69 Å². The maximum Gasteiger partial charge on any atom is 0.311 e. The van der Waals surface area contributed by atoms with Crippen molar-refractivity contribution in [2.24, 2.45) is 5.92 Å². The molecule has 0 amide bonds. The zero-order valence-electron chi connectivity index (χ0n) is 13.8. The minimum atomic E-state index is -3.67. The maximum atomic E-state index is 11.9. The topological polar surface area (TPSA) is 111 Å². The van der Waals surface area contributed by atoms with Crippen LogP contribution in [0.25, 0.3) is 0 Å². The van der Waals surface area contributed by atoms with Crippen LogP contribution >= 0.6 is 0 Å². The number of hydrogen-bond acceptors (Lipinski definition) is 7. The quantitative estimate of drug-likeness (QED) is 0.583. The van der Waals surface area contributed by atoms with Crippen LogP contribution in [0.1, 0.15) is 12.8 Å². The number of benzene rings is 1. The number of rotatable bonds is 5. The normalized spacial score (nSPS) is 16.1. The summed E-state index contributed by atoms with van der Waals surface area (Å²) in [4.78, 5) is 12.6. The average Bonchev–Trinajstić information content (AvgIpc) is 3.07. The van der Waals surface area contributed by atoms with Crippen molar-refractivity contribution in [2.75, 3.05) is 24.2 Å². The lowest BCUT2D eigenvalue weighted by Gasteiger charge is -2.33. The molecule has 1 aliphatic heterocycles. The Labute approximate surface area is 145 Å². The van der Waals surface area contributed by atoms with Crippen LogP contribution in [0.5, 0.6) is 0 Å². The van der Waals surface area contributed by atoms with Crippen molar-refractivity contribution in [1.82, 2.24) is 15.0 Å². The number of hydrogen-bond donors (Lipinski definition) is 0. The molecule has 25 heavy (non-hydrogen) atoms. The molecule has 2 aromatic rings. The lowest BCUT2D eigenvalue weighted by Crippen LogP contribution is -2.35. The first-order valence-corrected chi connectivity index (χ1v) is 9.82. The molecule has 0 N–H and O–H groups in total. The first-order valence-electron chi connectivity index (χ1n) is 7.93. The van der Waals surface area contributed by atoms with Gasteiger partial charge in [0, 0.05) is 32.1 Å². The number of para-hydroxylation sites is 1. The molecular formula is C15H19N5O4S. The first kappa shape index (κ1) is 17.3. The molecule has 0 spiro atoms. The predicted molar refractivity (Wildman–Crippen MR) is 91.2 cm³/mol. The molecule has 0 saturated carbocycles. The summed E-state index contributed by atoms with van der Waals surface area (Å²) in [6, 6.07) is 4.46. The van der Waals surface area contributed by atoms with Gasteiger partial charge in [0.1, 0.15) is 10.6 Å². The third-order valence-corrected chi connectivity index (χ3v) is 5.56. The standard InChI is InChI=1S/C15H19N5O4S/c1-25(23,24)14-4-2-3-13(15(14)20(21)22)18-8-5-12(6-9-18)11-19-10-7-16-17-19/h2-4,7,10,12H,5-6,8-9,11H2,1H3. The van der Waals surface area contributed by atoms with Gasteiger partial charge in [-0.3, -0.25) is 14.8 Å². The second kappa shape index (κ2) is 6.79. The van der Waals surface area contributed by atoms with Gasteiger partial charge in [-0.05, 0) is 30.9 Å². The highest BCUT2D eigenvalue weighted by Crippen LogP contribution is 2.36. The SMILES string of the molecule is CS(=O)(=O)c1cccc(N2CCC(Cn3ccnn3)CC2)c1[N+](=O)[O-]. The molecule has 10 heteroatoms. The summed E-state index contributed by atoms with van der Waals surface area (Å²) < 4.78 is 25.6. The highest BCUT2D eigenvalue weighted by molar-refractivity contribution is 7.90. The molecule has 0 atom stereocenters. The largest absolute Gasteiger partial charge is 0.366 e. The van der Waals surface area contributed by atoms with E-state index in [2.05, 4.69) is 10.3 Å². The summed E-state index contributed by atoms with van der Waals surface area (Å²) in [5.74, 6) is 0.412. The lowest BCUT2D eigenvalue weighted by molar-refractivity contribution is -0.387. The molecule has 134 valence electrons. The highest BCUT2D eigenvalue weighted by atomic mass is 32.2. The maximum absolute atomic E-state index is 11.9. The molecule has 2 heterocycles. The number of nitrogens with zero attached hydrogens (tertiary/aromatic N) is 5. The molecule has 1 aromatic heterocycles. The van der Waals surface area contributed by atoms with Gasteiger partial charge in [-0.2, -0.15) is 0 Å². The monoisotopic (exact) mass is 365 g/mol. The number of piperidine rings is 1. The van der Waals surface area contributed by atoms with E-state index in [0.717, 1.165) is 25.6 Å². The number of sulfone groups is 1. The van der Waals surface area contributed by atoms with Crippen molar-refractivity contribution in [3.8, 4) is 0 Å². The van der Waals surface area contributed by atoms with Gasteiger partial charge in [0.25, 0.3) is 0 Å². The van der Waals surface area contributed by atoms with E-state index in [-0.39, 0.29) is 10.6 Å². The molecule has 1 fully saturated rings. The van der Waals surface area contributed by atoms with Crippen LogP contribution in [0, 0.1) is 16.0 Å². The summed E-state index contributed by atoms with van der Waals surface area (Å²) in [6.45, 7) is 2.03. The first-order chi connectivity index (χ1) is 11.9. The lowest BCUT2D eigenvalue weighted by atomic mass is 9.96. The molecule has 0 unspecified atom stereocenters. The highest BCUT2D eigenvalue weighted by Gasteiger charge is 2.30. The molecule has 1 aromatic carbocycles. The van der Waals surface area contributed by atoms with Gasteiger partial charge in [-0.15, -0.1) is 5.10 Å². The van der Waals surface area contributed by atoms with Crippen molar-refractivity contribution in [3.05, 3.63) is 40.7 Å². The fourth-order valence-electron chi connectivity index (χ4n) is 3.20. The van der Waals surface area contributed by atoms with E-state index in [1.54, 1.807) is 23.0 Å². The van der Waals surface area contributed by atoms with Crippen LogP contribution in [-0.2, 0) is 16.4 Å². The second-order valence-corrected chi connectivity index (χ2v) is 8.19. The van der Waals surface area contributed by atoms with E-state index in [0.29, 0.717) is 24.7 Å². The number of anilines is 1. The molecule has 1 aliphatic rings. The van der Waals surface area contributed by atoms with Crippen molar-refractivity contribution >= 4 is 21.2 Å². The van der Waals surface area contributed by atoms with E-state index in [4.69, 9.17) is 0 Å². The van der Waals surface area contributed by atoms with Crippen molar-refractivity contribution in [2.45, 2.75) is 24.3 Å². The summed E-state index contributed by atoms with van der Waals surface area (Å²) in [7, 11) is -3.67. The molecule has 0 aliphatic carbocycles. The Morgan fingerprint density at radius 2 is 2.04 bits per heavy atom. The van der Waals surface area contributed by atoms with E-state index in [1.165, 1.54) is 6.07 Å². The Hall–Kier alpha value is -2.49. The Balaban J connectivity index is 1.80. The Morgan fingerprint density at radius 1 is 1.32 bits per heavy atom. The van der Waals surface area contributed by atoms with Gasteiger partial charge in [-0.25, -0.2) is 8.42 Å². The zero-order valence-corrected chi connectivity index (χ0v) is 14.6. The molecule has 9 nitrogen and oxygen atoms in total. The molecule has 0 radical (unpaired) electrons. The van der Waals surface area contributed by atoms with Gasteiger partial charge in [0.15, 0.2) is 9.84 Å². The smallest absolute Gasteiger partial charge is 0.311 e. The molecule has 0 bridgehead atoms. The fraction of sp³-hybridized carbons (Fsp3) is 0.467. The number of nitro groups is 1. The summed E-state index contributed by atoms with van der Waals surface area (Å²) in [6.07, 6.45) is 6.13. The predicted octanol–water partition coefficient (Wildman–Crippen LogP) is 1.51. The third kappa shape index (κ3) is 3.78. The third-order valence-electron chi connectivity index (χ3n) is 4.43. The van der Waals surface area contributed by atoms with E-state index < -0.39 is 14.8 Å². The summed E-state index contributed by atoms with van der Waals surface area (Å²) in [5, 5.41) is 19.2. The Kier molecular flexibility index (Phi) is 4.71. The minimum Gasteiger partial charge on any atom is -0.366 e. The molecular weight excluding hydrogens is 346 g/mol. The summed E-state index contributed by atoms with van der Waals surface area (Å²) >= 11 is 0. The zero-order chi connectivity index (χ0) is 18.0. The van der Waals surface area contributed by atoms with E-state index in [9.17, 15) is 18.5 Å². The molecule has 3 rings (SSSR count). The Morgan fingerprint density at radius 3 is 2.60 bits per heavy atom. The Bertz CT molecular complexity index is 858. The average molecular weight is 365 g/mol. The van der Waals surface area contributed by atoms with Crippen LogP contribution in [0.3, 0.4) is 0 Å². The summed E-state index contributed by atoms with van der Waals surface area (Å²) in [5.41, 5.74) is 0.0341. The number of aromatic nitrogens is 3. The van der Waals surface area contributed by atoms with Gasteiger partial charge in [0.2, 0.25) is 0 Å².